The SMILES string of the molecule is Cc1ncccc1CN1CCCCC1C(C)O. The minimum Gasteiger partial charge on any atom is -0.392 e. The van der Waals surface area contributed by atoms with Crippen LogP contribution in [0.4, 0.5) is 0 Å². The van der Waals surface area contributed by atoms with Crippen molar-refractivity contribution < 1.29 is 5.11 Å². The highest BCUT2D eigenvalue weighted by atomic mass is 16.3. The van der Waals surface area contributed by atoms with Gasteiger partial charge in [0.25, 0.3) is 0 Å². The molecule has 0 aliphatic carbocycles. The largest absolute Gasteiger partial charge is 0.392 e. The minimum absolute atomic E-state index is 0.243. The van der Waals surface area contributed by atoms with Crippen LogP contribution in [-0.2, 0) is 6.54 Å². The molecular formula is C14H22N2O. The topological polar surface area (TPSA) is 36.4 Å². The molecule has 0 bridgehead atoms. The Balaban J connectivity index is 2.08. The van der Waals surface area contributed by atoms with E-state index in [1.54, 1.807) is 0 Å². The first kappa shape index (κ1) is 12.5. The van der Waals surface area contributed by atoms with Gasteiger partial charge >= 0.3 is 0 Å². The molecule has 1 aliphatic rings. The number of aliphatic hydroxyl groups is 1. The number of hydrogen-bond donors (Lipinski definition) is 1. The number of pyridine rings is 1. The second-order valence-corrected chi connectivity index (χ2v) is 5.02. The number of piperidine rings is 1. The Kier molecular flexibility index (Phi) is 4.13. The summed E-state index contributed by atoms with van der Waals surface area (Å²) in [5.74, 6) is 0. The van der Waals surface area contributed by atoms with Crippen molar-refractivity contribution in [3.05, 3.63) is 29.6 Å². The summed E-state index contributed by atoms with van der Waals surface area (Å²) in [6.07, 6.45) is 5.17. The molecule has 17 heavy (non-hydrogen) atoms. The summed E-state index contributed by atoms with van der Waals surface area (Å²) in [6.45, 7) is 5.95. The second-order valence-electron chi connectivity index (χ2n) is 5.02. The molecule has 1 N–H and O–H groups in total. The molecule has 0 aromatic carbocycles. The summed E-state index contributed by atoms with van der Waals surface area (Å²) < 4.78 is 0. The van der Waals surface area contributed by atoms with Crippen LogP contribution in [0.25, 0.3) is 0 Å². The molecular weight excluding hydrogens is 212 g/mol. The Morgan fingerprint density at radius 3 is 3.06 bits per heavy atom. The van der Waals surface area contributed by atoms with Crippen LogP contribution in [0.15, 0.2) is 18.3 Å². The fourth-order valence-electron chi connectivity index (χ4n) is 2.66. The normalized spacial score (nSPS) is 23.6. The van der Waals surface area contributed by atoms with Crippen molar-refractivity contribution in [3.8, 4) is 0 Å². The van der Waals surface area contributed by atoms with E-state index in [0.29, 0.717) is 6.04 Å². The third kappa shape index (κ3) is 3.05. The average molecular weight is 234 g/mol. The van der Waals surface area contributed by atoms with E-state index in [1.165, 1.54) is 18.4 Å². The molecule has 1 fully saturated rings. The quantitative estimate of drug-likeness (QED) is 0.870. The van der Waals surface area contributed by atoms with Gasteiger partial charge in [0, 0.05) is 24.5 Å². The molecule has 0 radical (unpaired) electrons. The second kappa shape index (κ2) is 5.61. The predicted octanol–water partition coefficient (Wildman–Crippen LogP) is 2.13. The van der Waals surface area contributed by atoms with Crippen molar-refractivity contribution in [1.82, 2.24) is 9.88 Å². The van der Waals surface area contributed by atoms with Crippen molar-refractivity contribution in [3.63, 3.8) is 0 Å². The van der Waals surface area contributed by atoms with Crippen LogP contribution in [0.5, 0.6) is 0 Å². The first-order valence-corrected chi connectivity index (χ1v) is 6.51. The maximum atomic E-state index is 9.84. The van der Waals surface area contributed by atoms with Crippen LogP contribution < -0.4 is 0 Å². The van der Waals surface area contributed by atoms with Gasteiger partial charge in [-0.05, 0) is 44.9 Å². The van der Waals surface area contributed by atoms with Gasteiger partial charge in [0.05, 0.1) is 6.10 Å². The van der Waals surface area contributed by atoms with E-state index in [0.717, 1.165) is 25.2 Å². The van der Waals surface area contributed by atoms with Crippen molar-refractivity contribution in [2.75, 3.05) is 6.54 Å². The number of hydrogen-bond acceptors (Lipinski definition) is 3. The lowest BCUT2D eigenvalue weighted by molar-refractivity contribution is 0.0315. The summed E-state index contributed by atoms with van der Waals surface area (Å²) in [6, 6.07) is 4.43. The zero-order chi connectivity index (χ0) is 12.3. The van der Waals surface area contributed by atoms with E-state index in [1.807, 2.05) is 19.2 Å². The van der Waals surface area contributed by atoms with Crippen LogP contribution in [0.1, 0.15) is 37.4 Å². The molecule has 3 nitrogen and oxygen atoms in total. The molecule has 2 heterocycles. The highest BCUT2D eigenvalue weighted by Gasteiger charge is 2.26. The van der Waals surface area contributed by atoms with Gasteiger partial charge in [-0.1, -0.05) is 12.5 Å². The molecule has 2 unspecified atom stereocenters. The number of rotatable bonds is 3. The number of aryl methyl sites for hydroxylation is 1. The fourth-order valence-corrected chi connectivity index (χ4v) is 2.66. The maximum absolute atomic E-state index is 9.84. The van der Waals surface area contributed by atoms with Gasteiger partial charge < -0.3 is 5.11 Å². The molecule has 0 spiro atoms. The molecule has 1 aromatic heterocycles. The third-order valence-electron chi connectivity index (χ3n) is 3.71. The standard InChI is InChI=1S/C14H22N2O/c1-11-13(6-5-8-15-11)10-16-9-4-3-7-14(16)12(2)17/h5-6,8,12,14,17H,3-4,7,9-10H2,1-2H3. The van der Waals surface area contributed by atoms with Crippen LogP contribution >= 0.6 is 0 Å². The Morgan fingerprint density at radius 2 is 2.35 bits per heavy atom. The Hall–Kier alpha value is -0.930. The molecule has 0 saturated carbocycles. The fraction of sp³-hybridized carbons (Fsp3) is 0.643. The lowest BCUT2D eigenvalue weighted by Gasteiger charge is -2.37. The predicted molar refractivity (Wildman–Crippen MR) is 68.7 cm³/mol. The molecule has 1 aromatic rings. The van der Waals surface area contributed by atoms with E-state index in [4.69, 9.17) is 0 Å². The number of aliphatic hydroxyl groups excluding tert-OH is 1. The van der Waals surface area contributed by atoms with Gasteiger partial charge in [0.2, 0.25) is 0 Å². The molecule has 94 valence electrons. The highest BCUT2D eigenvalue weighted by Crippen LogP contribution is 2.22. The first-order chi connectivity index (χ1) is 8.18. The first-order valence-electron chi connectivity index (χ1n) is 6.51. The average Bonchev–Trinajstić information content (AvgIpc) is 2.32. The molecule has 0 amide bonds. The van der Waals surface area contributed by atoms with E-state index < -0.39 is 0 Å². The van der Waals surface area contributed by atoms with Crippen molar-refractivity contribution in [2.24, 2.45) is 0 Å². The smallest absolute Gasteiger partial charge is 0.0667 e. The number of nitrogens with zero attached hydrogens (tertiary/aromatic N) is 2. The van der Waals surface area contributed by atoms with Gasteiger partial charge in [-0.3, -0.25) is 9.88 Å². The summed E-state index contributed by atoms with van der Waals surface area (Å²) >= 11 is 0. The van der Waals surface area contributed by atoms with E-state index >= 15 is 0 Å². The summed E-state index contributed by atoms with van der Waals surface area (Å²) in [5.41, 5.74) is 2.38. The van der Waals surface area contributed by atoms with Crippen LogP contribution in [-0.4, -0.2) is 33.7 Å². The van der Waals surface area contributed by atoms with Crippen molar-refractivity contribution >= 4 is 0 Å². The van der Waals surface area contributed by atoms with Gasteiger partial charge in [-0.2, -0.15) is 0 Å². The lowest BCUT2D eigenvalue weighted by Crippen LogP contribution is -2.45. The highest BCUT2D eigenvalue weighted by molar-refractivity contribution is 5.18. The molecule has 1 aliphatic heterocycles. The van der Waals surface area contributed by atoms with E-state index in [-0.39, 0.29) is 6.10 Å². The third-order valence-corrected chi connectivity index (χ3v) is 3.71. The molecule has 3 heteroatoms. The maximum Gasteiger partial charge on any atom is 0.0667 e. The Labute approximate surface area is 103 Å². The molecule has 2 atom stereocenters. The summed E-state index contributed by atoms with van der Waals surface area (Å²) in [7, 11) is 0. The molecule has 1 saturated heterocycles. The number of likely N-dealkylation sites (tertiary alicyclic amines) is 1. The Bertz CT molecular complexity index is 365. The monoisotopic (exact) mass is 234 g/mol. The van der Waals surface area contributed by atoms with E-state index in [9.17, 15) is 5.11 Å². The van der Waals surface area contributed by atoms with Crippen LogP contribution in [0, 0.1) is 6.92 Å². The van der Waals surface area contributed by atoms with Crippen LogP contribution in [0.3, 0.4) is 0 Å². The van der Waals surface area contributed by atoms with E-state index in [2.05, 4.69) is 22.9 Å². The summed E-state index contributed by atoms with van der Waals surface area (Å²) in [5, 5.41) is 9.84. The Morgan fingerprint density at radius 1 is 1.53 bits per heavy atom. The van der Waals surface area contributed by atoms with Gasteiger partial charge in [0.1, 0.15) is 0 Å². The zero-order valence-corrected chi connectivity index (χ0v) is 10.8. The lowest BCUT2D eigenvalue weighted by atomic mass is 9.97. The zero-order valence-electron chi connectivity index (χ0n) is 10.8. The van der Waals surface area contributed by atoms with Gasteiger partial charge in [0.15, 0.2) is 0 Å². The van der Waals surface area contributed by atoms with Crippen molar-refractivity contribution in [1.29, 1.82) is 0 Å². The number of aromatic nitrogens is 1. The van der Waals surface area contributed by atoms with Gasteiger partial charge in [-0.15, -0.1) is 0 Å². The van der Waals surface area contributed by atoms with Crippen LogP contribution in [0.2, 0.25) is 0 Å². The molecule has 2 rings (SSSR count). The minimum atomic E-state index is -0.243. The van der Waals surface area contributed by atoms with Gasteiger partial charge in [-0.25, -0.2) is 0 Å². The van der Waals surface area contributed by atoms with Crippen molar-refractivity contribution in [2.45, 2.75) is 51.8 Å². The summed E-state index contributed by atoms with van der Waals surface area (Å²) in [4.78, 5) is 6.73.